The summed E-state index contributed by atoms with van der Waals surface area (Å²) in [4.78, 5) is 5.77. The van der Waals surface area contributed by atoms with Crippen molar-refractivity contribution in [3.8, 4) is 5.75 Å². The summed E-state index contributed by atoms with van der Waals surface area (Å²) in [5.74, 6) is 2.25. The van der Waals surface area contributed by atoms with E-state index in [2.05, 4.69) is 70.3 Å². The first-order chi connectivity index (χ1) is 19.0. The van der Waals surface area contributed by atoms with E-state index in [1.165, 1.54) is 17.7 Å². The molecule has 0 saturated heterocycles. The maximum atomic E-state index is 12.9. The van der Waals surface area contributed by atoms with Crippen molar-refractivity contribution in [2.24, 2.45) is 24.6 Å². The Hall–Kier alpha value is -3.17. The fourth-order valence-corrected chi connectivity index (χ4v) is 6.51. The Balaban J connectivity index is 1.22. The Morgan fingerprint density at radius 2 is 1.75 bits per heavy atom. The summed E-state index contributed by atoms with van der Waals surface area (Å²) in [6.45, 7) is 4.66. The third kappa shape index (κ3) is 6.10. The van der Waals surface area contributed by atoms with E-state index in [1.54, 1.807) is 11.9 Å². The Bertz CT molecular complexity index is 1450. The molecule has 0 aliphatic heterocycles. The van der Waals surface area contributed by atoms with Gasteiger partial charge in [-0.2, -0.15) is 13.2 Å². The first-order valence-electron chi connectivity index (χ1n) is 13.5. The van der Waals surface area contributed by atoms with Crippen LogP contribution in [0.2, 0.25) is 0 Å². The van der Waals surface area contributed by atoms with Crippen molar-refractivity contribution in [1.82, 2.24) is 9.55 Å². The molecule has 0 bridgehead atoms. The molecule has 1 aromatic heterocycles. The number of benzene rings is 3. The van der Waals surface area contributed by atoms with E-state index in [-0.39, 0.29) is 17.9 Å². The number of aromatic nitrogens is 2. The summed E-state index contributed by atoms with van der Waals surface area (Å²) in [5, 5.41) is 0. The van der Waals surface area contributed by atoms with Crippen molar-refractivity contribution in [2.75, 3.05) is 18.0 Å². The van der Waals surface area contributed by atoms with Crippen LogP contribution >= 0.6 is 11.9 Å². The molecule has 1 aliphatic carbocycles. The SMILES string of the molecule is Cc1nc2cc(SN(C)c3ccc(C4C[C@H](N)CC(COc5ccc(C(F)(F)F)cc5)[C@@H]4C)cc3)ccc2n1C. The fourth-order valence-electron chi connectivity index (χ4n) is 5.67. The van der Waals surface area contributed by atoms with Crippen LogP contribution in [-0.2, 0) is 13.2 Å². The largest absolute Gasteiger partial charge is 0.493 e. The molecule has 1 heterocycles. The lowest BCUT2D eigenvalue weighted by Gasteiger charge is -2.39. The van der Waals surface area contributed by atoms with Crippen LogP contribution in [0.3, 0.4) is 0 Å². The van der Waals surface area contributed by atoms with Gasteiger partial charge >= 0.3 is 6.18 Å². The predicted molar refractivity (Wildman–Crippen MR) is 156 cm³/mol. The Morgan fingerprint density at radius 1 is 1.05 bits per heavy atom. The second-order valence-corrected chi connectivity index (χ2v) is 12.0. The second-order valence-electron chi connectivity index (χ2n) is 10.8. The summed E-state index contributed by atoms with van der Waals surface area (Å²) in [7, 11) is 4.08. The van der Waals surface area contributed by atoms with E-state index in [0.717, 1.165) is 52.4 Å². The number of rotatable bonds is 7. The second kappa shape index (κ2) is 11.4. The molecule has 5 rings (SSSR count). The van der Waals surface area contributed by atoms with Crippen LogP contribution in [0.5, 0.6) is 5.75 Å². The van der Waals surface area contributed by atoms with E-state index in [1.807, 2.05) is 14.0 Å². The molecule has 1 aliphatic rings. The molecule has 1 fully saturated rings. The number of nitrogens with two attached hydrogens (primary N) is 1. The molecule has 1 saturated carbocycles. The Labute approximate surface area is 237 Å². The highest BCUT2D eigenvalue weighted by Crippen LogP contribution is 2.42. The topological polar surface area (TPSA) is 56.3 Å². The maximum Gasteiger partial charge on any atom is 0.416 e. The quantitative estimate of drug-likeness (QED) is 0.233. The van der Waals surface area contributed by atoms with Crippen LogP contribution in [0.4, 0.5) is 18.9 Å². The molecule has 40 heavy (non-hydrogen) atoms. The smallest absolute Gasteiger partial charge is 0.416 e. The molecule has 212 valence electrons. The van der Waals surface area contributed by atoms with Crippen molar-refractivity contribution >= 4 is 28.7 Å². The van der Waals surface area contributed by atoms with Gasteiger partial charge in [0.25, 0.3) is 0 Å². The number of hydrogen-bond donors (Lipinski definition) is 1. The van der Waals surface area contributed by atoms with Gasteiger partial charge in [-0.3, -0.25) is 0 Å². The summed E-state index contributed by atoms with van der Waals surface area (Å²) in [6, 6.07) is 19.9. The van der Waals surface area contributed by atoms with Crippen molar-refractivity contribution in [1.29, 1.82) is 0 Å². The van der Waals surface area contributed by atoms with Crippen molar-refractivity contribution in [3.05, 3.63) is 83.7 Å². The fraction of sp³-hybridized carbons (Fsp3) is 0.387. The molecule has 2 N–H and O–H groups in total. The van der Waals surface area contributed by atoms with Gasteiger partial charge in [-0.05, 0) is 110 Å². The number of halogens is 3. The molecule has 9 heteroatoms. The lowest BCUT2D eigenvalue weighted by molar-refractivity contribution is -0.137. The zero-order valence-corrected chi connectivity index (χ0v) is 24.0. The third-order valence-corrected chi connectivity index (χ3v) is 9.14. The molecular weight excluding hydrogens is 533 g/mol. The van der Waals surface area contributed by atoms with Gasteiger partial charge in [-0.15, -0.1) is 0 Å². The molecule has 2 unspecified atom stereocenters. The molecule has 4 aromatic rings. The first kappa shape index (κ1) is 28.4. The number of nitrogens with zero attached hydrogens (tertiary/aromatic N) is 3. The van der Waals surface area contributed by atoms with E-state index in [4.69, 9.17) is 10.5 Å². The minimum absolute atomic E-state index is 0.0467. The van der Waals surface area contributed by atoms with Gasteiger partial charge in [0.1, 0.15) is 11.6 Å². The summed E-state index contributed by atoms with van der Waals surface area (Å²) in [6.07, 6.45) is -2.63. The van der Waals surface area contributed by atoms with Gasteiger partial charge in [-0.25, -0.2) is 4.98 Å². The van der Waals surface area contributed by atoms with Gasteiger partial charge in [0.05, 0.1) is 23.2 Å². The maximum absolute atomic E-state index is 12.9. The Kier molecular flexibility index (Phi) is 8.06. The van der Waals surface area contributed by atoms with E-state index in [9.17, 15) is 13.2 Å². The zero-order chi connectivity index (χ0) is 28.6. The molecule has 0 spiro atoms. The number of imidazole rings is 1. The van der Waals surface area contributed by atoms with E-state index >= 15 is 0 Å². The van der Waals surface area contributed by atoms with Crippen LogP contribution in [0.15, 0.2) is 71.6 Å². The average molecular weight is 569 g/mol. The molecule has 3 aromatic carbocycles. The van der Waals surface area contributed by atoms with Gasteiger partial charge in [0.2, 0.25) is 0 Å². The number of ether oxygens (including phenoxy) is 1. The van der Waals surface area contributed by atoms with Gasteiger partial charge in [0.15, 0.2) is 0 Å². The molecule has 4 atom stereocenters. The normalized spacial score (nSPS) is 21.5. The number of aryl methyl sites for hydroxylation is 2. The van der Waals surface area contributed by atoms with Crippen LogP contribution < -0.4 is 14.8 Å². The summed E-state index contributed by atoms with van der Waals surface area (Å²) in [5.41, 5.74) is 10.3. The molecular formula is C31H35F3N4OS. The minimum Gasteiger partial charge on any atom is -0.493 e. The highest BCUT2D eigenvalue weighted by atomic mass is 32.2. The van der Waals surface area contributed by atoms with Crippen LogP contribution in [0, 0.1) is 18.8 Å². The first-order valence-corrected chi connectivity index (χ1v) is 14.3. The highest BCUT2D eigenvalue weighted by Gasteiger charge is 2.35. The summed E-state index contributed by atoms with van der Waals surface area (Å²) >= 11 is 1.66. The van der Waals surface area contributed by atoms with Crippen molar-refractivity contribution < 1.29 is 17.9 Å². The van der Waals surface area contributed by atoms with Gasteiger partial charge < -0.3 is 19.3 Å². The predicted octanol–water partition coefficient (Wildman–Crippen LogP) is 7.58. The minimum atomic E-state index is -4.35. The summed E-state index contributed by atoms with van der Waals surface area (Å²) < 4.78 is 48.8. The number of fused-ring (bicyclic) bond motifs is 1. The van der Waals surface area contributed by atoms with Crippen LogP contribution in [-0.4, -0.2) is 29.2 Å². The zero-order valence-electron chi connectivity index (χ0n) is 23.2. The number of alkyl halides is 3. The van der Waals surface area contributed by atoms with Crippen molar-refractivity contribution in [3.63, 3.8) is 0 Å². The van der Waals surface area contributed by atoms with Gasteiger partial charge in [0, 0.05) is 30.7 Å². The number of anilines is 1. The van der Waals surface area contributed by atoms with Crippen LogP contribution in [0.1, 0.15) is 42.6 Å². The van der Waals surface area contributed by atoms with Gasteiger partial charge in [-0.1, -0.05) is 19.1 Å². The van der Waals surface area contributed by atoms with E-state index in [0.29, 0.717) is 18.3 Å². The lowest BCUT2D eigenvalue weighted by atomic mass is 9.69. The van der Waals surface area contributed by atoms with Crippen molar-refractivity contribution in [2.45, 2.75) is 49.7 Å². The monoisotopic (exact) mass is 568 g/mol. The highest BCUT2D eigenvalue weighted by molar-refractivity contribution is 8.00. The lowest BCUT2D eigenvalue weighted by Crippen LogP contribution is -2.39. The number of hydrogen-bond acceptors (Lipinski definition) is 5. The molecule has 0 amide bonds. The average Bonchev–Trinajstić information content (AvgIpc) is 3.21. The third-order valence-electron chi connectivity index (χ3n) is 8.19. The van der Waals surface area contributed by atoms with E-state index < -0.39 is 11.7 Å². The standard InChI is InChI=1S/C31H35F3N4OS/c1-19-22(18-39-26-11-7-23(8-12-26)31(32,33)34)15-24(35)16-28(19)21-5-9-25(10-6-21)38(4)40-27-13-14-30-29(17-27)36-20(2)37(30)3/h5-14,17,19,22,24,28H,15-16,18,35H2,1-4H3/t19-,22?,24+,28?/m0/s1. The molecule has 0 radical (unpaired) electrons. The Morgan fingerprint density at radius 3 is 2.42 bits per heavy atom. The molecule has 5 nitrogen and oxygen atoms in total. The van der Waals surface area contributed by atoms with Crippen LogP contribution in [0.25, 0.3) is 11.0 Å².